The van der Waals surface area contributed by atoms with Crippen molar-refractivity contribution in [1.82, 2.24) is 39.4 Å². The number of carbonyl (C=O) groups is 3. The molecule has 0 unspecified atom stereocenters. The number of hydrogen-bond acceptors (Lipinski definition) is 9. The minimum atomic E-state index is -0.0689. The molecule has 4 aromatic heterocycles. The summed E-state index contributed by atoms with van der Waals surface area (Å²) in [4.78, 5) is 46.7. The maximum Gasteiger partial charge on any atom is 0.317 e. The van der Waals surface area contributed by atoms with Crippen molar-refractivity contribution in [3.05, 3.63) is 96.1 Å². The molecule has 5 N–H and O–H groups in total. The van der Waals surface area contributed by atoms with E-state index in [1.54, 1.807) is 13.9 Å². The molecule has 1 aliphatic heterocycles. The van der Waals surface area contributed by atoms with Gasteiger partial charge in [0.15, 0.2) is 11.3 Å². The lowest BCUT2D eigenvalue weighted by molar-refractivity contribution is -0.118. The number of amides is 4. The lowest BCUT2D eigenvalue weighted by Gasteiger charge is -2.26. The first-order chi connectivity index (χ1) is 26.4. The molecule has 2 saturated carbocycles. The standard InChI is InChI=1S/C22H24N6O3.C17H17N5O/c29-20(17-8-9-17)25-21-24-19-3-1-2-18(28(19)26-21)16-6-4-15(5-7-16)14-23-22(30)27-10-12-31-13-11-27;18-10-11-4-6-12(7-5-11)14-2-1-3-15-19-17(21-22(14)15)20-16(23)13-8-9-13/h1-7,17H,8-14H2,(H,23,30)(H,25,26,29);1-7,13H,8-10,18H2,(H,20,21,23). The number of aromatic nitrogens is 6. The minimum absolute atomic E-state index is 0.00903. The summed E-state index contributed by atoms with van der Waals surface area (Å²) in [6, 6.07) is 27.5. The van der Waals surface area contributed by atoms with Gasteiger partial charge in [0, 0.05) is 49.1 Å². The first-order valence-corrected chi connectivity index (χ1v) is 18.2. The maximum absolute atomic E-state index is 12.2. The van der Waals surface area contributed by atoms with Crippen LogP contribution in [0.25, 0.3) is 33.8 Å². The largest absolute Gasteiger partial charge is 0.378 e. The highest BCUT2D eigenvalue weighted by molar-refractivity contribution is 5.93. The van der Waals surface area contributed by atoms with E-state index in [2.05, 4.69) is 36.1 Å². The number of pyridine rings is 2. The number of nitrogens with two attached hydrogens (primary N) is 1. The fourth-order valence-corrected chi connectivity index (χ4v) is 6.13. The predicted octanol–water partition coefficient (Wildman–Crippen LogP) is 4.49. The molecule has 9 rings (SSSR count). The summed E-state index contributed by atoms with van der Waals surface area (Å²) >= 11 is 0. The van der Waals surface area contributed by atoms with Crippen LogP contribution in [0.1, 0.15) is 36.8 Å². The van der Waals surface area contributed by atoms with E-state index in [-0.39, 0.29) is 29.7 Å². The van der Waals surface area contributed by atoms with Crippen LogP contribution in [0.2, 0.25) is 0 Å². The van der Waals surface area contributed by atoms with E-state index >= 15 is 0 Å². The Bertz CT molecular complexity index is 2290. The number of morpholine rings is 1. The molecule has 2 aromatic carbocycles. The van der Waals surface area contributed by atoms with Crippen LogP contribution in [0.5, 0.6) is 0 Å². The highest BCUT2D eigenvalue weighted by Crippen LogP contribution is 2.31. The molecule has 54 heavy (non-hydrogen) atoms. The zero-order valence-electron chi connectivity index (χ0n) is 29.6. The summed E-state index contributed by atoms with van der Waals surface area (Å²) in [7, 11) is 0. The monoisotopic (exact) mass is 727 g/mol. The number of urea groups is 1. The van der Waals surface area contributed by atoms with Crippen LogP contribution in [0.15, 0.2) is 84.9 Å². The van der Waals surface area contributed by atoms with E-state index in [9.17, 15) is 14.4 Å². The Morgan fingerprint density at radius 2 is 1.15 bits per heavy atom. The lowest BCUT2D eigenvalue weighted by atomic mass is 10.1. The minimum Gasteiger partial charge on any atom is -0.378 e. The second-order valence-corrected chi connectivity index (χ2v) is 13.6. The molecule has 6 aromatic rings. The molecule has 5 heterocycles. The summed E-state index contributed by atoms with van der Waals surface area (Å²) in [5, 5.41) is 17.5. The third-order valence-corrected chi connectivity index (χ3v) is 9.56. The van der Waals surface area contributed by atoms with Crippen LogP contribution >= 0.6 is 0 Å². The second kappa shape index (κ2) is 15.4. The van der Waals surface area contributed by atoms with Gasteiger partial charge in [0.1, 0.15) is 0 Å². The first kappa shape index (κ1) is 34.9. The third-order valence-electron chi connectivity index (χ3n) is 9.56. The summed E-state index contributed by atoms with van der Waals surface area (Å²) in [5.74, 6) is 0.905. The number of anilines is 2. The van der Waals surface area contributed by atoms with Crippen LogP contribution in [0.4, 0.5) is 16.7 Å². The van der Waals surface area contributed by atoms with Crippen LogP contribution in [0, 0.1) is 11.8 Å². The smallest absolute Gasteiger partial charge is 0.317 e. The topological polar surface area (TPSA) is 186 Å². The molecule has 2 aliphatic carbocycles. The van der Waals surface area contributed by atoms with Gasteiger partial charge in [-0.25, -0.2) is 13.8 Å². The number of carbonyl (C=O) groups excluding carboxylic acids is 3. The van der Waals surface area contributed by atoms with Gasteiger partial charge in [-0.1, -0.05) is 60.7 Å². The van der Waals surface area contributed by atoms with Crippen molar-refractivity contribution in [2.45, 2.75) is 38.8 Å². The van der Waals surface area contributed by atoms with Gasteiger partial charge in [-0.3, -0.25) is 20.2 Å². The molecule has 15 heteroatoms. The number of rotatable bonds is 9. The van der Waals surface area contributed by atoms with Gasteiger partial charge in [-0.15, -0.1) is 10.2 Å². The quantitative estimate of drug-likeness (QED) is 0.167. The van der Waals surface area contributed by atoms with Crippen molar-refractivity contribution in [1.29, 1.82) is 0 Å². The molecule has 1 saturated heterocycles. The molecule has 276 valence electrons. The van der Waals surface area contributed by atoms with E-state index in [1.807, 2.05) is 84.9 Å². The number of ether oxygens (including phenoxy) is 1. The Kier molecular flexibility index (Phi) is 9.96. The fraction of sp³-hybridized carbons (Fsp3) is 0.308. The molecule has 0 bridgehead atoms. The Balaban J connectivity index is 0.000000160. The second-order valence-electron chi connectivity index (χ2n) is 13.6. The molecule has 0 spiro atoms. The van der Waals surface area contributed by atoms with Crippen LogP contribution in [0.3, 0.4) is 0 Å². The molecule has 0 radical (unpaired) electrons. The van der Waals surface area contributed by atoms with Crippen LogP contribution in [-0.4, -0.2) is 78.2 Å². The SMILES string of the molecule is NCc1ccc(-c2cccc3nc(NC(=O)C4CC4)nn23)cc1.O=C(Nc1nc2cccc(-c3ccc(CNC(=O)N4CCOCC4)cc3)n2n1)C1CC1. The summed E-state index contributed by atoms with van der Waals surface area (Å²) in [6.07, 6.45) is 3.78. The van der Waals surface area contributed by atoms with Gasteiger partial charge in [0.2, 0.25) is 23.7 Å². The number of nitrogens with zero attached hydrogens (tertiary/aromatic N) is 7. The van der Waals surface area contributed by atoms with Gasteiger partial charge in [0.05, 0.1) is 24.6 Å². The first-order valence-electron chi connectivity index (χ1n) is 18.2. The Labute approximate surface area is 310 Å². The highest BCUT2D eigenvalue weighted by atomic mass is 16.5. The van der Waals surface area contributed by atoms with Crippen LogP contribution < -0.4 is 21.7 Å². The Morgan fingerprint density at radius 3 is 1.61 bits per heavy atom. The molecular weight excluding hydrogens is 687 g/mol. The lowest BCUT2D eigenvalue weighted by Crippen LogP contribution is -2.45. The normalized spacial score (nSPS) is 15.4. The van der Waals surface area contributed by atoms with Crippen molar-refractivity contribution in [3.63, 3.8) is 0 Å². The third kappa shape index (κ3) is 8.06. The van der Waals surface area contributed by atoms with E-state index in [0.717, 1.165) is 59.3 Å². The average molecular weight is 728 g/mol. The zero-order valence-corrected chi connectivity index (χ0v) is 29.6. The summed E-state index contributed by atoms with van der Waals surface area (Å²) in [6.45, 7) is 3.39. The zero-order chi connectivity index (χ0) is 37.0. The van der Waals surface area contributed by atoms with Crippen molar-refractivity contribution < 1.29 is 19.1 Å². The predicted molar refractivity (Wildman–Crippen MR) is 202 cm³/mol. The number of hydrogen-bond donors (Lipinski definition) is 4. The molecule has 4 amide bonds. The van der Waals surface area contributed by atoms with E-state index in [0.29, 0.717) is 62.6 Å². The van der Waals surface area contributed by atoms with Gasteiger partial charge in [-0.2, -0.15) is 9.97 Å². The van der Waals surface area contributed by atoms with Gasteiger partial charge in [0.25, 0.3) is 0 Å². The molecule has 3 fully saturated rings. The Hall–Kier alpha value is -6.19. The van der Waals surface area contributed by atoms with Crippen molar-refractivity contribution in [2.24, 2.45) is 17.6 Å². The number of nitrogens with one attached hydrogen (secondary N) is 3. The van der Waals surface area contributed by atoms with Crippen molar-refractivity contribution in [2.75, 3.05) is 36.9 Å². The van der Waals surface area contributed by atoms with Gasteiger partial charge < -0.3 is 20.7 Å². The van der Waals surface area contributed by atoms with Gasteiger partial charge in [-0.05, 0) is 61.1 Å². The number of benzene rings is 2. The van der Waals surface area contributed by atoms with Crippen molar-refractivity contribution in [3.8, 4) is 22.5 Å². The molecule has 15 nitrogen and oxygen atoms in total. The Morgan fingerprint density at radius 1 is 0.667 bits per heavy atom. The summed E-state index contributed by atoms with van der Waals surface area (Å²) < 4.78 is 8.76. The highest BCUT2D eigenvalue weighted by Gasteiger charge is 2.31. The summed E-state index contributed by atoms with van der Waals surface area (Å²) in [5.41, 5.74) is 12.9. The molecule has 0 atom stereocenters. The van der Waals surface area contributed by atoms with Crippen molar-refractivity contribution >= 4 is 41.0 Å². The van der Waals surface area contributed by atoms with E-state index < -0.39 is 0 Å². The molecular formula is C39H41N11O4. The number of fused-ring (bicyclic) bond motifs is 2. The fourth-order valence-electron chi connectivity index (χ4n) is 6.13. The van der Waals surface area contributed by atoms with E-state index in [1.165, 1.54) is 0 Å². The van der Waals surface area contributed by atoms with E-state index in [4.69, 9.17) is 10.5 Å². The van der Waals surface area contributed by atoms with Gasteiger partial charge >= 0.3 is 6.03 Å². The maximum atomic E-state index is 12.2. The average Bonchev–Trinajstić information content (AvgIpc) is 4.15. The van der Waals surface area contributed by atoms with Crippen LogP contribution in [-0.2, 0) is 27.4 Å². The molecule has 3 aliphatic rings.